The van der Waals surface area contributed by atoms with Gasteiger partial charge in [0.1, 0.15) is 0 Å². The third-order valence-electron chi connectivity index (χ3n) is 5.07. The Morgan fingerprint density at radius 2 is 2.03 bits per heavy atom. The van der Waals surface area contributed by atoms with E-state index in [9.17, 15) is 19.8 Å². The number of likely N-dealkylation sites (tertiary alicyclic amines) is 1. The van der Waals surface area contributed by atoms with Crippen LogP contribution in [0.2, 0.25) is 0 Å². The summed E-state index contributed by atoms with van der Waals surface area (Å²) < 4.78 is 1.73. The Kier molecular flexibility index (Phi) is 5.01. The van der Waals surface area contributed by atoms with E-state index in [1.807, 2.05) is 0 Å². The van der Waals surface area contributed by atoms with Crippen LogP contribution in [0.4, 0.5) is 0 Å². The Bertz CT molecular complexity index is 1260. The smallest absolute Gasteiger partial charge is 0.354 e. The molecule has 1 aliphatic heterocycles. The van der Waals surface area contributed by atoms with E-state index in [1.165, 1.54) is 11.0 Å². The minimum atomic E-state index is -1.70. The average molecular weight is 417 g/mol. The number of carbonyl (C=O) groups is 2. The molecule has 0 bridgehead atoms. The largest absolute Gasteiger partial charge is 0.477 e. The predicted molar refractivity (Wildman–Crippen MR) is 111 cm³/mol. The highest BCUT2D eigenvalue weighted by Crippen LogP contribution is 2.24. The number of rotatable bonds is 3. The van der Waals surface area contributed by atoms with Crippen LogP contribution in [-0.2, 0) is 11.8 Å². The van der Waals surface area contributed by atoms with E-state index >= 15 is 0 Å². The van der Waals surface area contributed by atoms with Crippen LogP contribution in [0, 0.1) is 11.8 Å². The fraction of sp³-hybridized carbons (Fsp3) is 0.227. The van der Waals surface area contributed by atoms with Crippen molar-refractivity contribution in [1.29, 1.82) is 0 Å². The number of amides is 1. The number of hydrogen-bond donors (Lipinski definition) is 2. The lowest BCUT2D eigenvalue weighted by Crippen LogP contribution is -2.37. The number of carboxylic acids is 1. The SMILES string of the molecule is CN1CC[C@@](O)(C#Cc2cccc(-c3nc(C(=O)O)cc(-c4cncn4C)n3)c2)C1=O. The maximum absolute atomic E-state index is 12.1. The minimum absolute atomic E-state index is 0.147. The summed E-state index contributed by atoms with van der Waals surface area (Å²) >= 11 is 0. The lowest BCUT2D eigenvalue weighted by Gasteiger charge is -2.13. The molecule has 1 amide bonds. The number of nitrogens with zero attached hydrogens (tertiary/aromatic N) is 5. The van der Waals surface area contributed by atoms with Crippen molar-refractivity contribution in [3.8, 4) is 34.6 Å². The number of aryl methyl sites for hydroxylation is 1. The van der Waals surface area contributed by atoms with Gasteiger partial charge in [-0.15, -0.1) is 0 Å². The second-order valence-corrected chi connectivity index (χ2v) is 7.32. The van der Waals surface area contributed by atoms with Crippen LogP contribution in [0.25, 0.3) is 22.8 Å². The van der Waals surface area contributed by atoms with E-state index in [2.05, 4.69) is 26.8 Å². The Morgan fingerprint density at radius 3 is 2.68 bits per heavy atom. The highest BCUT2D eigenvalue weighted by atomic mass is 16.4. The summed E-state index contributed by atoms with van der Waals surface area (Å²) in [5.74, 6) is 4.14. The topological polar surface area (TPSA) is 121 Å². The maximum Gasteiger partial charge on any atom is 0.354 e. The van der Waals surface area contributed by atoms with Crippen LogP contribution in [0.15, 0.2) is 42.9 Å². The fourth-order valence-corrected chi connectivity index (χ4v) is 3.30. The summed E-state index contributed by atoms with van der Waals surface area (Å²) in [4.78, 5) is 37.9. The molecule has 3 aromatic rings. The van der Waals surface area contributed by atoms with Crippen molar-refractivity contribution in [2.75, 3.05) is 13.6 Å². The number of aromatic carboxylic acids is 1. The Morgan fingerprint density at radius 1 is 1.23 bits per heavy atom. The summed E-state index contributed by atoms with van der Waals surface area (Å²) in [6, 6.07) is 8.28. The molecule has 1 aliphatic rings. The number of aromatic nitrogens is 4. The molecule has 9 nitrogen and oxygen atoms in total. The summed E-state index contributed by atoms with van der Waals surface area (Å²) in [7, 11) is 3.41. The van der Waals surface area contributed by atoms with Gasteiger partial charge in [0.25, 0.3) is 5.91 Å². The summed E-state index contributed by atoms with van der Waals surface area (Å²) in [6.45, 7) is 0.441. The molecule has 1 fully saturated rings. The third kappa shape index (κ3) is 3.89. The molecule has 1 atom stereocenters. The molecule has 4 rings (SSSR count). The molecule has 0 aliphatic carbocycles. The van der Waals surface area contributed by atoms with Crippen molar-refractivity contribution in [2.24, 2.45) is 7.05 Å². The van der Waals surface area contributed by atoms with Gasteiger partial charge >= 0.3 is 5.97 Å². The van der Waals surface area contributed by atoms with Gasteiger partial charge in [-0.25, -0.2) is 19.7 Å². The lowest BCUT2D eigenvalue weighted by atomic mass is 10.0. The molecule has 0 saturated carbocycles. The average Bonchev–Trinajstić information content (AvgIpc) is 3.31. The standard InChI is InChI=1S/C22H19N5O4/c1-26-9-8-22(31,21(26)30)7-6-14-4-3-5-15(10-14)19-24-16(11-17(25-19)20(28)29)18-12-23-13-27(18)2/h3-5,10-13,31H,8-9H2,1-2H3,(H,28,29)/t22-/m0/s1. The van der Waals surface area contributed by atoms with E-state index < -0.39 is 17.5 Å². The summed E-state index contributed by atoms with van der Waals surface area (Å²) in [5, 5.41) is 20.0. The molecule has 1 aromatic carbocycles. The first kappa shape index (κ1) is 20.3. The third-order valence-corrected chi connectivity index (χ3v) is 5.07. The molecule has 156 valence electrons. The van der Waals surface area contributed by atoms with Crippen molar-refractivity contribution < 1.29 is 19.8 Å². The Balaban J connectivity index is 1.74. The molecule has 1 saturated heterocycles. The van der Waals surface area contributed by atoms with Crippen molar-refractivity contribution in [2.45, 2.75) is 12.0 Å². The zero-order valence-corrected chi connectivity index (χ0v) is 16.9. The van der Waals surface area contributed by atoms with Crippen LogP contribution >= 0.6 is 0 Å². The zero-order valence-electron chi connectivity index (χ0n) is 16.9. The molecule has 3 heterocycles. The first-order valence-corrected chi connectivity index (χ1v) is 9.47. The van der Waals surface area contributed by atoms with Gasteiger partial charge in [-0.2, -0.15) is 0 Å². The number of likely N-dealkylation sites (N-methyl/N-ethyl adjacent to an activating group) is 1. The molecule has 0 spiro atoms. The van der Waals surface area contributed by atoms with E-state index in [1.54, 1.807) is 55.5 Å². The predicted octanol–water partition coefficient (Wildman–Crippen LogP) is 1.19. The quantitative estimate of drug-likeness (QED) is 0.614. The molecule has 0 unspecified atom stereocenters. The van der Waals surface area contributed by atoms with Crippen LogP contribution in [0.1, 0.15) is 22.5 Å². The molecule has 0 radical (unpaired) electrons. The van der Waals surface area contributed by atoms with Crippen molar-refractivity contribution in [3.63, 3.8) is 0 Å². The van der Waals surface area contributed by atoms with E-state index in [0.717, 1.165) is 0 Å². The number of hydrogen-bond acceptors (Lipinski definition) is 6. The van der Waals surface area contributed by atoms with Gasteiger partial charge in [-0.3, -0.25) is 4.79 Å². The van der Waals surface area contributed by atoms with E-state index in [-0.39, 0.29) is 17.9 Å². The van der Waals surface area contributed by atoms with Gasteiger partial charge < -0.3 is 19.7 Å². The monoisotopic (exact) mass is 417 g/mol. The van der Waals surface area contributed by atoms with Crippen LogP contribution < -0.4 is 0 Å². The molecule has 31 heavy (non-hydrogen) atoms. The molecule has 2 N–H and O–H groups in total. The highest BCUT2D eigenvalue weighted by Gasteiger charge is 2.42. The van der Waals surface area contributed by atoms with Crippen molar-refractivity contribution in [1.82, 2.24) is 24.4 Å². The summed E-state index contributed by atoms with van der Waals surface area (Å²) in [6.07, 6.45) is 3.43. The first-order valence-electron chi connectivity index (χ1n) is 9.47. The van der Waals surface area contributed by atoms with Gasteiger partial charge in [0.05, 0.1) is 23.9 Å². The number of aliphatic hydroxyl groups is 1. The van der Waals surface area contributed by atoms with Crippen LogP contribution in [0.3, 0.4) is 0 Å². The highest BCUT2D eigenvalue weighted by molar-refractivity contribution is 5.90. The maximum atomic E-state index is 12.1. The van der Waals surface area contributed by atoms with E-state index in [4.69, 9.17) is 0 Å². The molecule has 2 aromatic heterocycles. The Hall–Kier alpha value is -4.03. The van der Waals surface area contributed by atoms with Gasteiger partial charge in [0, 0.05) is 38.2 Å². The minimum Gasteiger partial charge on any atom is -0.477 e. The fourth-order valence-electron chi connectivity index (χ4n) is 3.30. The van der Waals surface area contributed by atoms with Crippen LogP contribution in [0.5, 0.6) is 0 Å². The zero-order chi connectivity index (χ0) is 22.2. The van der Waals surface area contributed by atoms with Gasteiger partial charge in [-0.1, -0.05) is 24.0 Å². The number of carbonyl (C=O) groups excluding carboxylic acids is 1. The number of benzene rings is 1. The van der Waals surface area contributed by atoms with Crippen LogP contribution in [-0.4, -0.2) is 65.7 Å². The van der Waals surface area contributed by atoms with Gasteiger partial charge in [-0.05, 0) is 18.2 Å². The number of imidazole rings is 1. The lowest BCUT2D eigenvalue weighted by molar-refractivity contribution is -0.137. The van der Waals surface area contributed by atoms with Crippen molar-refractivity contribution >= 4 is 11.9 Å². The summed E-state index contributed by atoms with van der Waals surface area (Å²) in [5.41, 5.74) is 0.324. The second kappa shape index (κ2) is 7.66. The van der Waals surface area contributed by atoms with E-state index in [0.29, 0.717) is 29.1 Å². The van der Waals surface area contributed by atoms with Gasteiger partial charge in [0.2, 0.25) is 5.60 Å². The molecular weight excluding hydrogens is 398 g/mol. The van der Waals surface area contributed by atoms with Gasteiger partial charge in [0.15, 0.2) is 11.5 Å². The first-order chi connectivity index (χ1) is 14.8. The molecule has 9 heteroatoms. The Labute approximate surface area is 178 Å². The van der Waals surface area contributed by atoms with Crippen molar-refractivity contribution in [3.05, 3.63) is 54.1 Å². The second-order valence-electron chi connectivity index (χ2n) is 7.32. The number of carboxylic acid groups (broad SMARTS) is 1. The normalized spacial score (nSPS) is 18.0. The molecular formula is C22H19N5O4.